The average molecular weight is 304 g/mol. The van der Waals surface area contributed by atoms with Crippen LogP contribution in [0.3, 0.4) is 0 Å². The number of benzene rings is 1. The van der Waals surface area contributed by atoms with E-state index in [1.54, 1.807) is 6.92 Å². The van der Waals surface area contributed by atoms with Gasteiger partial charge >= 0.3 is 6.18 Å². The summed E-state index contributed by atoms with van der Waals surface area (Å²) < 4.78 is 52.0. The molecule has 1 atom stereocenters. The first-order valence-corrected chi connectivity index (χ1v) is 6.14. The highest BCUT2D eigenvalue weighted by molar-refractivity contribution is 5.98. The zero-order valence-electron chi connectivity index (χ0n) is 11.0. The largest absolute Gasteiger partial charge is 0.438 e. The van der Waals surface area contributed by atoms with Gasteiger partial charge in [-0.2, -0.15) is 23.3 Å². The molecule has 1 N–H and O–H groups in total. The molecule has 1 aliphatic rings. The maximum absolute atomic E-state index is 13.1. The molecule has 1 aliphatic heterocycles. The van der Waals surface area contributed by atoms with Crippen molar-refractivity contribution in [2.24, 2.45) is 5.10 Å². The second-order valence-electron chi connectivity index (χ2n) is 4.63. The molecule has 1 aromatic carbocycles. The molecule has 0 spiro atoms. The number of carbonyl (C=O) groups excluding carboxylic acids is 1. The summed E-state index contributed by atoms with van der Waals surface area (Å²) >= 11 is 0. The van der Waals surface area contributed by atoms with Crippen LogP contribution in [0.4, 0.5) is 17.6 Å². The van der Waals surface area contributed by atoms with E-state index in [0.717, 1.165) is 24.3 Å². The molecule has 8 heteroatoms. The van der Waals surface area contributed by atoms with Crippen molar-refractivity contribution in [3.63, 3.8) is 0 Å². The number of aliphatic hydroxyl groups is 1. The number of rotatable bonds is 2. The van der Waals surface area contributed by atoms with E-state index >= 15 is 0 Å². The maximum atomic E-state index is 13.1. The van der Waals surface area contributed by atoms with Gasteiger partial charge in [0.2, 0.25) is 0 Å². The minimum Gasteiger partial charge on any atom is -0.362 e. The number of nitrogens with zero attached hydrogens (tertiary/aromatic N) is 2. The van der Waals surface area contributed by atoms with E-state index in [4.69, 9.17) is 0 Å². The third-order valence-corrected chi connectivity index (χ3v) is 3.19. The number of amides is 1. The number of carbonyl (C=O) groups is 1. The van der Waals surface area contributed by atoms with Crippen molar-refractivity contribution in [3.8, 4) is 0 Å². The zero-order valence-corrected chi connectivity index (χ0v) is 11.0. The Hall–Kier alpha value is -1.96. The summed E-state index contributed by atoms with van der Waals surface area (Å²) in [5.41, 5.74) is -3.51. The monoisotopic (exact) mass is 304 g/mol. The Morgan fingerprint density at radius 3 is 2.43 bits per heavy atom. The average Bonchev–Trinajstić information content (AvgIpc) is 2.77. The number of alkyl halides is 3. The molecule has 0 aromatic heterocycles. The Morgan fingerprint density at radius 1 is 1.38 bits per heavy atom. The van der Waals surface area contributed by atoms with Crippen molar-refractivity contribution >= 4 is 11.6 Å². The van der Waals surface area contributed by atoms with Crippen molar-refractivity contribution in [3.05, 3.63) is 35.6 Å². The Bertz CT molecular complexity index is 583. The molecule has 1 heterocycles. The van der Waals surface area contributed by atoms with E-state index in [0.29, 0.717) is 0 Å². The van der Waals surface area contributed by atoms with E-state index in [1.165, 1.54) is 0 Å². The highest BCUT2D eigenvalue weighted by atomic mass is 19.4. The van der Waals surface area contributed by atoms with Gasteiger partial charge in [0.05, 0.1) is 0 Å². The van der Waals surface area contributed by atoms with Crippen LogP contribution in [0.25, 0.3) is 0 Å². The third-order valence-electron chi connectivity index (χ3n) is 3.19. The number of halogens is 4. The molecule has 4 nitrogen and oxygen atoms in total. The second-order valence-corrected chi connectivity index (χ2v) is 4.63. The maximum Gasteiger partial charge on any atom is 0.438 e. The Balaban J connectivity index is 2.40. The third kappa shape index (κ3) is 2.63. The van der Waals surface area contributed by atoms with E-state index in [9.17, 15) is 27.5 Å². The van der Waals surface area contributed by atoms with Crippen LogP contribution in [0.15, 0.2) is 29.4 Å². The fraction of sp³-hybridized carbons (Fsp3) is 0.385. The topological polar surface area (TPSA) is 52.9 Å². The van der Waals surface area contributed by atoms with Crippen molar-refractivity contribution < 1.29 is 27.5 Å². The number of hydrogen-bond donors (Lipinski definition) is 1. The Morgan fingerprint density at radius 2 is 1.95 bits per heavy atom. The minimum atomic E-state index is -5.05. The van der Waals surface area contributed by atoms with Gasteiger partial charge in [-0.25, -0.2) is 4.39 Å². The van der Waals surface area contributed by atoms with Crippen LogP contribution in [0.2, 0.25) is 0 Å². The van der Waals surface area contributed by atoms with Gasteiger partial charge in [-0.05, 0) is 30.7 Å². The highest BCUT2D eigenvalue weighted by Crippen LogP contribution is 2.41. The summed E-state index contributed by atoms with van der Waals surface area (Å²) in [7, 11) is 0. The summed E-state index contributed by atoms with van der Waals surface area (Å²) in [5, 5.41) is 13.5. The molecule has 0 saturated carbocycles. The van der Waals surface area contributed by atoms with Crippen molar-refractivity contribution in [1.82, 2.24) is 5.01 Å². The van der Waals surface area contributed by atoms with E-state index in [2.05, 4.69) is 5.10 Å². The lowest BCUT2D eigenvalue weighted by molar-refractivity contribution is -0.297. The molecule has 0 radical (unpaired) electrons. The summed E-state index contributed by atoms with van der Waals surface area (Å²) in [6.45, 7) is 1.57. The number of hydrogen-bond acceptors (Lipinski definition) is 3. The molecular formula is C13H12F4N2O2. The first-order chi connectivity index (χ1) is 9.69. The summed E-state index contributed by atoms with van der Waals surface area (Å²) in [4.78, 5) is 12.1. The van der Waals surface area contributed by atoms with Gasteiger partial charge in [0.1, 0.15) is 5.82 Å². The van der Waals surface area contributed by atoms with Crippen molar-refractivity contribution in [2.75, 3.05) is 0 Å². The summed E-state index contributed by atoms with van der Waals surface area (Å²) in [6.07, 6.45) is -5.67. The fourth-order valence-corrected chi connectivity index (χ4v) is 1.96. The van der Waals surface area contributed by atoms with Crippen molar-refractivity contribution in [1.29, 1.82) is 0 Å². The van der Waals surface area contributed by atoms with Crippen LogP contribution in [0.5, 0.6) is 0 Å². The first kappa shape index (κ1) is 15.4. The minimum absolute atomic E-state index is 0.0269. The molecule has 0 saturated heterocycles. The van der Waals surface area contributed by atoms with Gasteiger partial charge < -0.3 is 5.11 Å². The van der Waals surface area contributed by atoms with Crippen LogP contribution in [-0.4, -0.2) is 33.6 Å². The van der Waals surface area contributed by atoms with Gasteiger partial charge in [0.25, 0.3) is 11.6 Å². The quantitative estimate of drug-likeness (QED) is 0.854. The Labute approximate surface area is 117 Å². The smallest absolute Gasteiger partial charge is 0.362 e. The van der Waals surface area contributed by atoms with Crippen LogP contribution in [-0.2, 0) is 0 Å². The van der Waals surface area contributed by atoms with Gasteiger partial charge in [-0.15, -0.1) is 0 Å². The first-order valence-electron chi connectivity index (χ1n) is 6.14. The zero-order chi connectivity index (χ0) is 15.8. The SMILES string of the molecule is CCC1=NN(C(=O)c2ccc(F)cc2)[C@](O)(C(F)(F)F)C1. The molecule has 2 rings (SSSR count). The number of hydrazone groups is 1. The fourth-order valence-electron chi connectivity index (χ4n) is 1.96. The molecule has 0 fully saturated rings. The standard InChI is InChI=1S/C13H12F4N2O2/c1-2-10-7-12(21,13(15,16)17)19(18-10)11(20)8-3-5-9(14)6-4-8/h3-6,21H,2,7H2,1H3/t12-/m1/s1. The van der Waals surface area contributed by atoms with Crippen LogP contribution in [0.1, 0.15) is 30.1 Å². The van der Waals surface area contributed by atoms with Crippen LogP contribution >= 0.6 is 0 Å². The molecule has 114 valence electrons. The lowest BCUT2D eigenvalue weighted by Gasteiger charge is -2.32. The summed E-state index contributed by atoms with van der Waals surface area (Å²) in [6, 6.07) is 3.96. The predicted octanol–water partition coefficient (Wildman–Crippen LogP) is 2.69. The molecule has 0 aliphatic carbocycles. The van der Waals surface area contributed by atoms with E-state index < -0.39 is 30.0 Å². The molecule has 21 heavy (non-hydrogen) atoms. The molecule has 0 unspecified atom stereocenters. The van der Waals surface area contributed by atoms with Crippen molar-refractivity contribution in [2.45, 2.75) is 31.7 Å². The van der Waals surface area contributed by atoms with Crippen LogP contribution < -0.4 is 0 Å². The predicted molar refractivity (Wildman–Crippen MR) is 65.9 cm³/mol. The second kappa shape index (κ2) is 5.10. The highest BCUT2D eigenvalue weighted by Gasteiger charge is 2.63. The van der Waals surface area contributed by atoms with E-state index in [1.807, 2.05) is 0 Å². The Kier molecular flexibility index (Phi) is 3.75. The lowest BCUT2D eigenvalue weighted by atomic mass is 10.0. The van der Waals surface area contributed by atoms with E-state index in [-0.39, 0.29) is 22.7 Å². The van der Waals surface area contributed by atoms with Gasteiger partial charge in [-0.3, -0.25) is 4.79 Å². The molecule has 0 bridgehead atoms. The van der Waals surface area contributed by atoms with Gasteiger partial charge in [0, 0.05) is 17.7 Å². The van der Waals surface area contributed by atoms with Crippen LogP contribution in [0, 0.1) is 5.82 Å². The van der Waals surface area contributed by atoms with Gasteiger partial charge in [0.15, 0.2) is 0 Å². The molecule has 1 aromatic rings. The summed E-state index contributed by atoms with van der Waals surface area (Å²) in [5.74, 6) is -1.77. The molecule has 1 amide bonds. The van der Waals surface area contributed by atoms with Gasteiger partial charge in [-0.1, -0.05) is 6.92 Å². The normalized spacial score (nSPS) is 22.4. The molecular weight excluding hydrogens is 292 g/mol. The lowest BCUT2D eigenvalue weighted by Crippen LogP contribution is -2.56.